The van der Waals surface area contributed by atoms with Gasteiger partial charge in [0.25, 0.3) is 0 Å². The molecule has 0 fully saturated rings. The lowest BCUT2D eigenvalue weighted by Gasteiger charge is -2.23. The van der Waals surface area contributed by atoms with Crippen molar-refractivity contribution in [1.29, 1.82) is 0 Å². The van der Waals surface area contributed by atoms with Crippen molar-refractivity contribution in [1.82, 2.24) is 19.7 Å². The minimum atomic E-state index is -3.22. The highest BCUT2D eigenvalue weighted by molar-refractivity contribution is 7.88. The van der Waals surface area contributed by atoms with Gasteiger partial charge in [0, 0.05) is 31.7 Å². The van der Waals surface area contributed by atoms with Crippen LogP contribution in [0, 0.1) is 6.92 Å². The molecular weight excluding hydrogens is 332 g/mol. The lowest BCUT2D eigenvalue weighted by Crippen LogP contribution is -2.39. The fourth-order valence-electron chi connectivity index (χ4n) is 2.40. The van der Waals surface area contributed by atoms with Crippen molar-refractivity contribution in [3.05, 3.63) is 17.5 Å². The van der Waals surface area contributed by atoms with Crippen LogP contribution in [0.4, 0.5) is 0 Å². The Bertz CT molecular complexity index is 627. The molecule has 0 bridgehead atoms. The Labute approximate surface area is 144 Å². The first-order valence-corrected chi connectivity index (χ1v) is 9.78. The lowest BCUT2D eigenvalue weighted by molar-refractivity contribution is -0.122. The summed E-state index contributed by atoms with van der Waals surface area (Å²) in [4.78, 5) is 13.7. The van der Waals surface area contributed by atoms with Gasteiger partial charge >= 0.3 is 0 Å². The van der Waals surface area contributed by atoms with Crippen LogP contribution in [0.15, 0.2) is 10.6 Å². The lowest BCUT2D eigenvalue weighted by atomic mass is 10.3. The molecule has 0 spiro atoms. The van der Waals surface area contributed by atoms with E-state index in [0.29, 0.717) is 26.1 Å². The molecule has 1 aromatic rings. The number of aryl methyl sites for hydroxylation is 1. The summed E-state index contributed by atoms with van der Waals surface area (Å²) in [5, 5.41) is 6.69. The van der Waals surface area contributed by atoms with E-state index in [-0.39, 0.29) is 18.5 Å². The second kappa shape index (κ2) is 9.14. The molecule has 8 nitrogen and oxygen atoms in total. The van der Waals surface area contributed by atoms with Gasteiger partial charge in [0.15, 0.2) is 0 Å². The van der Waals surface area contributed by atoms with Crippen LogP contribution in [0.25, 0.3) is 0 Å². The van der Waals surface area contributed by atoms with Gasteiger partial charge in [-0.3, -0.25) is 9.69 Å². The molecule has 24 heavy (non-hydrogen) atoms. The second-order valence-corrected chi connectivity index (χ2v) is 8.21. The Kier molecular flexibility index (Phi) is 7.85. The predicted octanol–water partition coefficient (Wildman–Crippen LogP) is 0.591. The smallest absolute Gasteiger partial charge is 0.234 e. The van der Waals surface area contributed by atoms with Crippen LogP contribution in [-0.2, 0) is 21.4 Å². The second-order valence-electron chi connectivity index (χ2n) is 6.27. The molecule has 1 rings (SSSR count). The third kappa shape index (κ3) is 7.41. The molecule has 0 aliphatic rings. The Morgan fingerprint density at radius 2 is 2.08 bits per heavy atom. The largest absolute Gasteiger partial charge is 0.361 e. The number of amides is 1. The number of rotatable bonds is 10. The minimum absolute atomic E-state index is 0.0900. The Morgan fingerprint density at radius 1 is 1.42 bits per heavy atom. The molecule has 138 valence electrons. The number of nitrogens with zero attached hydrogens (tertiary/aromatic N) is 3. The van der Waals surface area contributed by atoms with Crippen molar-refractivity contribution in [2.45, 2.75) is 39.8 Å². The third-order valence-electron chi connectivity index (χ3n) is 3.40. The van der Waals surface area contributed by atoms with Gasteiger partial charge in [-0.15, -0.1) is 0 Å². The van der Waals surface area contributed by atoms with Gasteiger partial charge in [-0.1, -0.05) is 5.16 Å². The monoisotopic (exact) mass is 360 g/mol. The van der Waals surface area contributed by atoms with Gasteiger partial charge in [0.05, 0.1) is 18.5 Å². The average Bonchev–Trinajstić information content (AvgIpc) is 2.81. The molecule has 0 aliphatic carbocycles. The molecule has 9 heteroatoms. The van der Waals surface area contributed by atoms with Crippen LogP contribution in [0.2, 0.25) is 0 Å². The summed E-state index contributed by atoms with van der Waals surface area (Å²) >= 11 is 0. The fraction of sp³-hybridized carbons (Fsp3) is 0.733. The molecule has 0 saturated carbocycles. The number of carbonyl (C=O) groups is 1. The van der Waals surface area contributed by atoms with Gasteiger partial charge in [-0.05, 0) is 34.2 Å². The number of nitrogens with one attached hydrogen (secondary N) is 1. The maximum Gasteiger partial charge on any atom is 0.234 e. The molecule has 1 heterocycles. The van der Waals surface area contributed by atoms with Gasteiger partial charge in [0.1, 0.15) is 5.76 Å². The molecule has 0 aromatic carbocycles. The Balaban J connectivity index is 2.28. The quantitative estimate of drug-likeness (QED) is 0.614. The zero-order valence-electron chi connectivity index (χ0n) is 15.1. The molecule has 1 amide bonds. The molecule has 0 aliphatic heterocycles. The van der Waals surface area contributed by atoms with E-state index < -0.39 is 10.0 Å². The first-order valence-electron chi connectivity index (χ1n) is 7.94. The van der Waals surface area contributed by atoms with Crippen molar-refractivity contribution in [3.63, 3.8) is 0 Å². The highest BCUT2D eigenvalue weighted by Gasteiger charge is 2.19. The summed E-state index contributed by atoms with van der Waals surface area (Å²) in [7, 11) is -1.39. The van der Waals surface area contributed by atoms with Crippen LogP contribution >= 0.6 is 0 Å². The zero-order chi connectivity index (χ0) is 18.3. The fourth-order valence-corrected chi connectivity index (χ4v) is 3.62. The molecule has 1 N–H and O–H groups in total. The highest BCUT2D eigenvalue weighted by Crippen LogP contribution is 2.06. The van der Waals surface area contributed by atoms with Crippen molar-refractivity contribution in [3.8, 4) is 0 Å². The van der Waals surface area contributed by atoms with Crippen LogP contribution in [-0.4, -0.2) is 67.7 Å². The number of aromatic nitrogens is 1. The highest BCUT2D eigenvalue weighted by atomic mass is 32.2. The van der Waals surface area contributed by atoms with E-state index in [1.807, 2.05) is 38.8 Å². The van der Waals surface area contributed by atoms with Crippen LogP contribution in [0.3, 0.4) is 0 Å². The summed E-state index contributed by atoms with van der Waals surface area (Å²) in [6.45, 7) is 7.09. The molecule has 0 atom stereocenters. The number of sulfonamides is 1. The van der Waals surface area contributed by atoms with Crippen molar-refractivity contribution < 1.29 is 17.7 Å². The summed E-state index contributed by atoms with van der Waals surface area (Å²) in [6.07, 6.45) is 1.77. The number of carbonyl (C=O) groups excluding carboxylic acids is 1. The van der Waals surface area contributed by atoms with Gasteiger partial charge in [-0.25, -0.2) is 8.42 Å². The van der Waals surface area contributed by atoms with Crippen LogP contribution < -0.4 is 5.32 Å². The van der Waals surface area contributed by atoms with Gasteiger partial charge < -0.3 is 9.84 Å². The first-order chi connectivity index (χ1) is 11.1. The van der Waals surface area contributed by atoms with E-state index in [1.165, 1.54) is 10.6 Å². The number of likely N-dealkylation sites (N-methyl/N-ethyl adjacent to an activating group) is 1. The van der Waals surface area contributed by atoms with E-state index in [9.17, 15) is 13.2 Å². The minimum Gasteiger partial charge on any atom is -0.361 e. The third-order valence-corrected chi connectivity index (χ3v) is 4.86. The summed E-state index contributed by atoms with van der Waals surface area (Å²) in [5.74, 6) is 0.636. The molecule has 1 aromatic heterocycles. The standard InChI is InChI=1S/C15H28N4O4S/c1-12(2)19(24(5,21)22)8-6-7-16-15(20)11-18(4)10-14-9-13(3)23-17-14/h9,12H,6-8,10-11H2,1-5H3,(H,16,20). The SMILES string of the molecule is Cc1cc(CN(C)CC(=O)NCCCN(C(C)C)S(C)(=O)=O)no1. The predicted molar refractivity (Wildman–Crippen MR) is 91.9 cm³/mol. The summed E-state index contributed by atoms with van der Waals surface area (Å²) in [6, 6.07) is 1.74. The summed E-state index contributed by atoms with van der Waals surface area (Å²) in [5.41, 5.74) is 0.781. The normalized spacial score (nSPS) is 12.3. The van der Waals surface area contributed by atoms with Crippen molar-refractivity contribution in [2.24, 2.45) is 0 Å². The molecule has 0 unspecified atom stereocenters. The first kappa shape index (κ1) is 20.6. The Morgan fingerprint density at radius 3 is 2.58 bits per heavy atom. The Hall–Kier alpha value is -1.45. The molecular formula is C15H28N4O4S. The molecule has 0 saturated heterocycles. The van der Waals surface area contributed by atoms with E-state index in [4.69, 9.17) is 4.52 Å². The van der Waals surface area contributed by atoms with Crippen LogP contribution in [0.5, 0.6) is 0 Å². The molecule has 0 radical (unpaired) electrons. The van der Waals surface area contributed by atoms with E-state index in [2.05, 4.69) is 10.5 Å². The maximum atomic E-state index is 11.9. The van der Waals surface area contributed by atoms with E-state index >= 15 is 0 Å². The average molecular weight is 360 g/mol. The summed E-state index contributed by atoms with van der Waals surface area (Å²) < 4.78 is 29.7. The van der Waals surface area contributed by atoms with Crippen molar-refractivity contribution in [2.75, 3.05) is 32.9 Å². The number of hydrogen-bond donors (Lipinski definition) is 1. The van der Waals surface area contributed by atoms with E-state index in [1.54, 1.807) is 0 Å². The number of hydrogen-bond acceptors (Lipinski definition) is 6. The van der Waals surface area contributed by atoms with Crippen LogP contribution in [0.1, 0.15) is 31.7 Å². The maximum absolute atomic E-state index is 11.9. The van der Waals surface area contributed by atoms with E-state index in [0.717, 1.165) is 11.5 Å². The van der Waals surface area contributed by atoms with Crippen molar-refractivity contribution >= 4 is 15.9 Å². The van der Waals surface area contributed by atoms with Gasteiger partial charge in [0.2, 0.25) is 15.9 Å². The zero-order valence-corrected chi connectivity index (χ0v) is 15.9. The van der Waals surface area contributed by atoms with Gasteiger partial charge in [-0.2, -0.15) is 4.31 Å². The topological polar surface area (TPSA) is 95.8 Å².